The van der Waals surface area contributed by atoms with Crippen molar-refractivity contribution in [1.29, 1.82) is 0 Å². The van der Waals surface area contributed by atoms with Crippen LogP contribution >= 0.6 is 0 Å². The van der Waals surface area contributed by atoms with E-state index in [0.29, 0.717) is 75.4 Å². The van der Waals surface area contributed by atoms with Crippen LogP contribution < -0.4 is 0 Å². The number of cyclic esters (lactones) is 2. The molecular weight excluding hydrogens is 1240 g/mol. The van der Waals surface area contributed by atoms with Crippen LogP contribution in [0.25, 0.3) is 0 Å². The van der Waals surface area contributed by atoms with E-state index in [0.717, 1.165) is 44.9 Å². The molecule has 0 aromatic heterocycles. The number of carbonyl (C=O) groups excluding carboxylic acids is 2. The lowest BCUT2D eigenvalue weighted by Crippen LogP contribution is -2.45. The average molecular weight is 1380 g/mol. The Hall–Kier alpha value is -3.00. The Morgan fingerprint density at radius 2 is 0.928 bits per heavy atom. The molecule has 8 N–H and O–H groups in total. The Kier molecular flexibility index (Phi) is 37.7. The van der Waals surface area contributed by atoms with Crippen molar-refractivity contribution in [3.05, 3.63) is 59.8 Å². The van der Waals surface area contributed by atoms with Crippen molar-refractivity contribution in [2.75, 3.05) is 28.4 Å². The van der Waals surface area contributed by atoms with Gasteiger partial charge in [-0.05, 0) is 155 Å². The summed E-state index contributed by atoms with van der Waals surface area (Å²) in [7, 11) is 6.60. The molecule has 3 saturated heterocycles. The molecule has 0 spiro atoms. The van der Waals surface area contributed by atoms with Crippen molar-refractivity contribution in [3.63, 3.8) is 0 Å². The van der Waals surface area contributed by atoms with Crippen LogP contribution in [0.2, 0.25) is 0 Å². The van der Waals surface area contributed by atoms with Gasteiger partial charge in [-0.15, -0.1) is 0 Å². The molecular formula is C77H132O20. The Morgan fingerprint density at radius 3 is 1.41 bits per heavy atom. The molecule has 5 rings (SSSR count). The normalized spacial score (nSPS) is 40.8. The van der Waals surface area contributed by atoms with Gasteiger partial charge < -0.3 is 88.2 Å². The molecule has 0 aromatic carbocycles. The van der Waals surface area contributed by atoms with E-state index in [1.54, 1.807) is 54.4 Å². The molecule has 0 saturated carbocycles. The first-order valence-corrected chi connectivity index (χ1v) is 37.0. The van der Waals surface area contributed by atoms with Gasteiger partial charge in [0.25, 0.3) is 0 Å². The Labute approximate surface area is 582 Å². The number of ether oxygens (including phenoxy) is 10. The van der Waals surface area contributed by atoms with Crippen LogP contribution in [0.1, 0.15) is 211 Å². The number of hydrogen-bond donors (Lipinski definition) is 8. The Balaban J connectivity index is 1.35. The van der Waals surface area contributed by atoms with Crippen LogP contribution in [0.15, 0.2) is 59.8 Å². The van der Waals surface area contributed by atoms with Gasteiger partial charge in [-0.25, -0.2) is 9.59 Å². The maximum absolute atomic E-state index is 13.9. The van der Waals surface area contributed by atoms with Crippen LogP contribution in [0, 0.1) is 41.4 Å². The summed E-state index contributed by atoms with van der Waals surface area (Å²) in [6.45, 7) is 20.7. The van der Waals surface area contributed by atoms with Gasteiger partial charge in [-0.3, -0.25) is 0 Å². The number of aliphatic hydroxyl groups excluding tert-OH is 8. The van der Waals surface area contributed by atoms with E-state index in [1.165, 1.54) is 12.2 Å². The van der Waals surface area contributed by atoms with Gasteiger partial charge in [0, 0.05) is 89.4 Å². The lowest BCUT2D eigenvalue weighted by molar-refractivity contribution is -0.158. The third-order valence-corrected chi connectivity index (χ3v) is 22.0. The quantitative estimate of drug-likeness (QED) is 0.0527. The highest BCUT2D eigenvalue weighted by Gasteiger charge is 2.42. The highest BCUT2D eigenvalue weighted by atomic mass is 16.6. The predicted octanol–water partition coefficient (Wildman–Crippen LogP) is 10.1. The monoisotopic (exact) mass is 1380 g/mol. The standard InChI is InChI=1S/C77H132O20/c1-45-22-28-56(78)36-59-18-16-20-61(94-59)40-67(90-14)38-58(80)39-68(81)52(8)76(54(10)74(86)47(3)26-30-63-41-65(88-12)34-49(5)92-63)96-72(84)32-24-46(2)23-29-57(79)37-60-19-17-21-62(95-60)43-71(91-15)51(7)69(82)44-70(83)53(9)77(97-73(85)33-25-45)55(11)75(87)48(4)27-31-64-42-66(89-13)35-50(6)93-64/h16,18,22-25,32-33,47-71,74-83,86-87H,17,19-21,26-31,34-44H2,1-15H3/b32-24+,33-25+,45-22+,46-23+/t47-,48-,49-,50-,51-,52-,53-,54-,55-,56-,57-,58+,59?,60?,61?,62?,63-,64-,65+,66+,67+,68+,69-,70+,71-,74-,75-,76?,77?/m0/s1. The van der Waals surface area contributed by atoms with Gasteiger partial charge in [0.05, 0.1) is 122 Å². The molecule has 20 heteroatoms. The molecule has 20 nitrogen and oxygen atoms in total. The number of esters is 2. The second kappa shape index (κ2) is 43.2. The molecule has 4 bridgehead atoms. The highest BCUT2D eigenvalue weighted by molar-refractivity contribution is 5.83. The highest BCUT2D eigenvalue weighted by Crippen LogP contribution is 2.37. The van der Waals surface area contributed by atoms with E-state index >= 15 is 0 Å². The zero-order valence-electron chi connectivity index (χ0n) is 61.7. The molecule has 97 heavy (non-hydrogen) atoms. The molecule has 560 valence electrons. The lowest BCUT2D eigenvalue weighted by Gasteiger charge is -2.38. The van der Waals surface area contributed by atoms with Crippen molar-refractivity contribution in [1.82, 2.24) is 0 Å². The molecule has 5 aliphatic rings. The van der Waals surface area contributed by atoms with Crippen LogP contribution in [0.3, 0.4) is 0 Å². The second-order valence-corrected chi connectivity index (χ2v) is 30.2. The minimum atomic E-state index is -1.15. The maximum atomic E-state index is 13.9. The van der Waals surface area contributed by atoms with Gasteiger partial charge in [0.2, 0.25) is 0 Å². The lowest BCUT2D eigenvalue weighted by atomic mass is 9.78. The predicted molar refractivity (Wildman–Crippen MR) is 373 cm³/mol. The zero-order valence-corrected chi connectivity index (χ0v) is 61.7. The molecule has 3 fully saturated rings. The van der Waals surface area contributed by atoms with E-state index < -0.39 is 121 Å². The molecule has 6 unspecified atom stereocenters. The van der Waals surface area contributed by atoms with Crippen LogP contribution in [0.4, 0.5) is 0 Å². The van der Waals surface area contributed by atoms with Gasteiger partial charge in [-0.1, -0.05) is 96.1 Å². The molecule has 0 amide bonds. The average Bonchev–Trinajstić information content (AvgIpc) is 0.866. The second-order valence-electron chi connectivity index (χ2n) is 30.2. The Bertz CT molecular complexity index is 2400. The topological polar surface area (TPSA) is 288 Å². The first-order valence-electron chi connectivity index (χ1n) is 37.0. The zero-order chi connectivity index (χ0) is 71.6. The summed E-state index contributed by atoms with van der Waals surface area (Å²) in [4.78, 5) is 27.8. The maximum Gasteiger partial charge on any atom is 0.331 e. The summed E-state index contributed by atoms with van der Waals surface area (Å²) < 4.78 is 61.2. The van der Waals surface area contributed by atoms with Gasteiger partial charge in [0.15, 0.2) is 0 Å². The number of methoxy groups -OCH3 is 4. The molecule has 29 atom stereocenters. The minimum Gasteiger partial charge on any atom is -0.458 e. The van der Waals surface area contributed by atoms with Crippen molar-refractivity contribution in [3.8, 4) is 0 Å². The summed E-state index contributed by atoms with van der Waals surface area (Å²) in [6, 6.07) is 0. The van der Waals surface area contributed by atoms with E-state index in [1.807, 2.05) is 86.6 Å². The van der Waals surface area contributed by atoms with E-state index in [4.69, 9.17) is 47.4 Å². The fraction of sp³-hybridized carbons (Fsp3) is 0.844. The third kappa shape index (κ3) is 29.0. The first-order chi connectivity index (χ1) is 46.0. The number of allylic oxidation sites excluding steroid dienone is 4. The smallest absolute Gasteiger partial charge is 0.331 e. The van der Waals surface area contributed by atoms with Gasteiger partial charge in [-0.2, -0.15) is 0 Å². The SMILES string of the molecule is CO[C@H]1CC2CC=CC(C[C@@H](O)C/C=C(C)/C=C/C(=O)OC([C@@H](C)[C@@H](O)[C@@H](C)CC[C@H]3C[C@H](OC)C[C@H](C)O3)[C@@H](C)[C@H](O)C[C@H](O)[C@H](C)[C@@H](OC)CC3CCCC(C[C@@H](O)C/C=C(C)/C=C/C(=O)OC([C@@H](C)[C@@H](O)[C@@H](C)CC[C@H]4C[C@H](OC)C[C@H](C)O4)[C@@H](C)[C@H](O)C[C@H](O)C1)O3)O2. The minimum absolute atomic E-state index is 0.0236. The summed E-state index contributed by atoms with van der Waals surface area (Å²) in [5, 5.41) is 94.0. The number of carbonyl (C=O) groups is 2. The van der Waals surface area contributed by atoms with Crippen LogP contribution in [-0.2, 0) is 57.0 Å². The van der Waals surface area contributed by atoms with E-state index in [2.05, 4.69) is 0 Å². The summed E-state index contributed by atoms with van der Waals surface area (Å²) in [6.07, 6.45) is 13.1. The van der Waals surface area contributed by atoms with Crippen molar-refractivity contribution in [2.24, 2.45) is 41.4 Å². The number of rotatable bonds is 16. The number of fused-ring (bicyclic) bond motifs is 4. The van der Waals surface area contributed by atoms with Crippen molar-refractivity contribution >= 4 is 11.9 Å². The summed E-state index contributed by atoms with van der Waals surface area (Å²) in [5.74, 6) is -4.92. The van der Waals surface area contributed by atoms with E-state index in [-0.39, 0.29) is 92.5 Å². The summed E-state index contributed by atoms with van der Waals surface area (Å²) in [5.41, 5.74) is 1.41. The van der Waals surface area contributed by atoms with Gasteiger partial charge in [0.1, 0.15) is 12.2 Å². The van der Waals surface area contributed by atoms with E-state index in [9.17, 15) is 50.4 Å². The first kappa shape index (κ1) is 84.7. The largest absolute Gasteiger partial charge is 0.458 e. The van der Waals surface area contributed by atoms with Crippen LogP contribution in [-0.4, -0.2) is 216 Å². The molecule has 0 aromatic rings. The number of aliphatic hydroxyl groups is 8. The fourth-order valence-electron chi connectivity index (χ4n) is 15.5. The van der Waals surface area contributed by atoms with Crippen molar-refractivity contribution < 1.29 is 97.8 Å². The van der Waals surface area contributed by atoms with Crippen LogP contribution in [0.5, 0.6) is 0 Å². The van der Waals surface area contributed by atoms with Crippen molar-refractivity contribution in [2.45, 2.75) is 345 Å². The third-order valence-electron chi connectivity index (χ3n) is 22.0. The molecule has 5 heterocycles. The Morgan fingerprint density at radius 1 is 0.474 bits per heavy atom. The molecule has 0 aliphatic carbocycles. The fourth-order valence-corrected chi connectivity index (χ4v) is 15.5. The number of hydrogen-bond acceptors (Lipinski definition) is 20. The summed E-state index contributed by atoms with van der Waals surface area (Å²) >= 11 is 0. The van der Waals surface area contributed by atoms with Gasteiger partial charge >= 0.3 is 11.9 Å². The molecule has 5 aliphatic heterocycles. The molecule has 0 radical (unpaired) electrons.